The highest BCUT2D eigenvalue weighted by Gasteiger charge is 2.14. The number of carbonyl (C=O) groups is 2. The van der Waals surface area contributed by atoms with Crippen LogP contribution in [0.2, 0.25) is 5.02 Å². The molecule has 0 spiro atoms. The van der Waals surface area contributed by atoms with Crippen molar-refractivity contribution in [1.82, 2.24) is 0 Å². The maximum Gasteiger partial charge on any atom is 0.400 e. The summed E-state index contributed by atoms with van der Waals surface area (Å²) in [4.78, 5) is 27.7. The van der Waals surface area contributed by atoms with Crippen LogP contribution in [0, 0.1) is 0 Å². The minimum Gasteiger partial charge on any atom is -0.484 e. The molecule has 166 valence electrons. The molecule has 0 unspecified atom stereocenters. The van der Waals surface area contributed by atoms with E-state index in [1.807, 2.05) is 0 Å². The second-order valence-electron chi connectivity index (χ2n) is 6.26. The van der Waals surface area contributed by atoms with Crippen molar-refractivity contribution in [2.75, 3.05) is 6.61 Å². The predicted octanol–water partition coefficient (Wildman–Crippen LogP) is 3.62. The largest absolute Gasteiger partial charge is 0.484 e. The molecule has 0 saturated carbocycles. The van der Waals surface area contributed by atoms with Gasteiger partial charge in [-0.3, -0.25) is 4.79 Å². The molecule has 0 radical (unpaired) electrons. The number of hydrogen-bond donors (Lipinski definition) is 2. The fourth-order valence-electron chi connectivity index (χ4n) is 2.37. The molecule has 3 aromatic rings. The van der Waals surface area contributed by atoms with E-state index in [0.29, 0.717) is 27.8 Å². The Bertz CT molecular complexity index is 1150. The summed E-state index contributed by atoms with van der Waals surface area (Å²) in [6.45, 7) is -0.183. The molecule has 0 aliphatic heterocycles. The third-order valence-electron chi connectivity index (χ3n) is 3.88. The number of ether oxygens (including phenoxy) is 2. The van der Waals surface area contributed by atoms with Crippen molar-refractivity contribution in [3.8, 4) is 11.5 Å². The molecule has 0 atom stereocenters. The Labute approximate surface area is 196 Å². The number of benzene rings is 2. The molecule has 11 heteroatoms. The molecule has 0 saturated heterocycles. The number of primary amides is 1. The molecule has 0 bridgehead atoms. The Kier molecular flexibility index (Phi) is 7.74. The Morgan fingerprint density at radius 2 is 1.78 bits per heavy atom. The summed E-state index contributed by atoms with van der Waals surface area (Å²) in [6, 6.07) is 14.5. The molecule has 9 nitrogen and oxygen atoms in total. The van der Waals surface area contributed by atoms with Crippen molar-refractivity contribution in [2.45, 2.75) is 6.61 Å². The molecule has 1 amide bonds. The summed E-state index contributed by atoms with van der Waals surface area (Å²) in [5.41, 5.74) is 11.3. The highest BCUT2D eigenvalue weighted by Crippen LogP contribution is 2.28. The number of halogens is 2. The summed E-state index contributed by atoms with van der Waals surface area (Å²) >= 11 is 9.41. The van der Waals surface area contributed by atoms with Crippen molar-refractivity contribution in [3.63, 3.8) is 0 Å². The van der Waals surface area contributed by atoms with Gasteiger partial charge in [0.1, 0.15) is 23.9 Å². The van der Waals surface area contributed by atoms with E-state index in [2.05, 4.69) is 21.1 Å². The van der Waals surface area contributed by atoms with E-state index in [4.69, 9.17) is 41.8 Å². The standard InChI is InChI=1S/C21H17BrClN3O6/c22-13-3-7-17(16(23)9-13)30-10-15-6-8-18(31-15)21(28)32-26-20(25)12-1-4-14(5-2-12)29-11-19(24)27/h1-9H,10-11H2,(H2,24,27)(H2,25,26). The van der Waals surface area contributed by atoms with Crippen LogP contribution in [0.25, 0.3) is 0 Å². The lowest BCUT2D eigenvalue weighted by atomic mass is 10.2. The zero-order valence-corrected chi connectivity index (χ0v) is 18.8. The van der Waals surface area contributed by atoms with Crippen LogP contribution in [0.5, 0.6) is 11.5 Å². The van der Waals surface area contributed by atoms with Gasteiger partial charge >= 0.3 is 5.97 Å². The van der Waals surface area contributed by atoms with Crippen LogP contribution in [0.1, 0.15) is 21.9 Å². The normalized spacial score (nSPS) is 11.1. The first kappa shape index (κ1) is 23.2. The molecule has 3 rings (SSSR count). The van der Waals surface area contributed by atoms with E-state index in [-0.39, 0.29) is 24.8 Å². The van der Waals surface area contributed by atoms with Crippen molar-refractivity contribution in [2.24, 2.45) is 16.6 Å². The van der Waals surface area contributed by atoms with Crippen LogP contribution >= 0.6 is 27.5 Å². The van der Waals surface area contributed by atoms with Crippen molar-refractivity contribution < 1.29 is 28.3 Å². The van der Waals surface area contributed by atoms with Gasteiger partial charge in [-0.15, -0.1) is 0 Å². The van der Waals surface area contributed by atoms with Crippen molar-refractivity contribution >= 4 is 45.2 Å². The Morgan fingerprint density at radius 3 is 2.47 bits per heavy atom. The Morgan fingerprint density at radius 1 is 1.03 bits per heavy atom. The summed E-state index contributed by atoms with van der Waals surface area (Å²) in [6.07, 6.45) is 0. The summed E-state index contributed by atoms with van der Waals surface area (Å²) < 4.78 is 17.0. The van der Waals surface area contributed by atoms with Crippen molar-refractivity contribution in [1.29, 1.82) is 0 Å². The smallest absolute Gasteiger partial charge is 0.400 e. The van der Waals surface area contributed by atoms with Crippen molar-refractivity contribution in [3.05, 3.63) is 81.2 Å². The Balaban J connectivity index is 1.54. The molecule has 4 N–H and O–H groups in total. The number of furan rings is 1. The summed E-state index contributed by atoms with van der Waals surface area (Å²) in [5, 5.41) is 4.05. The highest BCUT2D eigenvalue weighted by atomic mass is 79.9. The van der Waals surface area contributed by atoms with Crippen LogP contribution in [0.4, 0.5) is 0 Å². The number of oxime groups is 1. The number of nitrogens with zero attached hydrogens (tertiary/aromatic N) is 1. The number of amides is 1. The molecular formula is C21H17BrClN3O6. The second-order valence-corrected chi connectivity index (χ2v) is 7.59. The quantitative estimate of drug-likeness (QED) is 0.189. The molecular weight excluding hydrogens is 506 g/mol. The van der Waals surface area contributed by atoms with E-state index in [9.17, 15) is 9.59 Å². The lowest BCUT2D eigenvalue weighted by Gasteiger charge is -2.06. The van der Waals surface area contributed by atoms with Gasteiger partial charge in [-0.05, 0) is 54.6 Å². The van der Waals surface area contributed by atoms with Gasteiger partial charge in [0, 0.05) is 10.0 Å². The first-order valence-electron chi connectivity index (χ1n) is 9.04. The third kappa shape index (κ3) is 6.50. The minimum absolute atomic E-state index is 0.0419. The van der Waals surface area contributed by atoms with E-state index in [0.717, 1.165) is 4.47 Å². The van der Waals surface area contributed by atoms with E-state index >= 15 is 0 Å². The van der Waals surface area contributed by atoms with Gasteiger partial charge in [0.2, 0.25) is 5.76 Å². The fraction of sp³-hybridized carbons (Fsp3) is 0.0952. The number of hydrogen-bond acceptors (Lipinski definition) is 7. The molecule has 1 heterocycles. The minimum atomic E-state index is -0.831. The number of amidine groups is 1. The molecule has 0 aliphatic rings. The zero-order valence-electron chi connectivity index (χ0n) is 16.4. The number of carbonyl (C=O) groups excluding carboxylic acids is 2. The molecule has 2 aromatic carbocycles. The fourth-order valence-corrected chi connectivity index (χ4v) is 3.10. The van der Waals surface area contributed by atoms with E-state index in [1.54, 1.807) is 48.5 Å². The maximum absolute atomic E-state index is 12.2. The van der Waals surface area contributed by atoms with Crippen LogP contribution < -0.4 is 20.9 Å². The first-order valence-corrected chi connectivity index (χ1v) is 10.2. The van der Waals surface area contributed by atoms with E-state index in [1.165, 1.54) is 6.07 Å². The van der Waals surface area contributed by atoms with Crippen LogP contribution in [-0.2, 0) is 16.2 Å². The van der Waals surface area contributed by atoms with Gasteiger partial charge in [-0.25, -0.2) is 4.79 Å². The lowest BCUT2D eigenvalue weighted by Crippen LogP contribution is -2.20. The summed E-state index contributed by atoms with van der Waals surface area (Å²) in [5.74, 6) is -0.253. The monoisotopic (exact) mass is 521 g/mol. The molecule has 1 aromatic heterocycles. The predicted molar refractivity (Wildman–Crippen MR) is 119 cm³/mol. The maximum atomic E-state index is 12.2. The van der Waals surface area contributed by atoms with Crippen LogP contribution in [0.15, 0.2) is 68.6 Å². The van der Waals surface area contributed by atoms with Crippen LogP contribution in [-0.4, -0.2) is 24.3 Å². The SMILES string of the molecule is NC(=O)COc1ccc(/C(N)=N/OC(=O)c2ccc(COc3ccc(Br)cc3Cl)o2)cc1. The topological polar surface area (TPSA) is 139 Å². The lowest BCUT2D eigenvalue weighted by molar-refractivity contribution is -0.119. The molecule has 32 heavy (non-hydrogen) atoms. The highest BCUT2D eigenvalue weighted by molar-refractivity contribution is 9.10. The van der Waals surface area contributed by atoms with Gasteiger partial charge in [-0.2, -0.15) is 0 Å². The average molecular weight is 523 g/mol. The van der Waals surface area contributed by atoms with E-state index < -0.39 is 11.9 Å². The number of rotatable bonds is 9. The Hall–Kier alpha value is -3.50. The molecule has 0 aliphatic carbocycles. The first-order chi connectivity index (χ1) is 15.3. The van der Waals surface area contributed by atoms with Gasteiger partial charge < -0.3 is 30.2 Å². The third-order valence-corrected chi connectivity index (χ3v) is 4.67. The molecule has 0 fully saturated rings. The number of nitrogens with two attached hydrogens (primary N) is 2. The zero-order chi connectivity index (χ0) is 23.1. The summed E-state index contributed by atoms with van der Waals surface area (Å²) in [7, 11) is 0. The van der Waals surface area contributed by atoms with Gasteiger partial charge in [0.15, 0.2) is 12.4 Å². The second kappa shape index (κ2) is 10.7. The van der Waals surface area contributed by atoms with Crippen LogP contribution in [0.3, 0.4) is 0 Å². The average Bonchev–Trinajstić information content (AvgIpc) is 3.24. The van der Waals surface area contributed by atoms with Gasteiger partial charge in [0.25, 0.3) is 5.91 Å². The van der Waals surface area contributed by atoms with Gasteiger partial charge in [-0.1, -0.05) is 32.7 Å². The van der Waals surface area contributed by atoms with Gasteiger partial charge in [0.05, 0.1) is 5.02 Å².